The van der Waals surface area contributed by atoms with E-state index in [9.17, 15) is 9.90 Å². The Kier molecular flexibility index (Phi) is 6.10. The van der Waals surface area contributed by atoms with E-state index in [-0.39, 0.29) is 18.6 Å². The molecule has 0 spiro atoms. The molecule has 0 bridgehead atoms. The van der Waals surface area contributed by atoms with E-state index in [1.807, 2.05) is 5.38 Å². The lowest BCUT2D eigenvalue weighted by atomic mass is 10.1. The normalized spacial score (nSPS) is 18.6. The first-order chi connectivity index (χ1) is 10.1. The van der Waals surface area contributed by atoms with Gasteiger partial charge in [0, 0.05) is 51.1 Å². The second-order valence-corrected chi connectivity index (χ2v) is 6.24. The Hall–Kier alpha value is -1.02. The molecule has 1 aliphatic rings. The minimum Gasteiger partial charge on any atom is -0.395 e. The molecule has 1 atom stereocenters. The summed E-state index contributed by atoms with van der Waals surface area (Å²) < 4.78 is 0. The Morgan fingerprint density at radius 3 is 2.76 bits per heavy atom. The number of hydrogen-bond acceptors (Lipinski definition) is 6. The van der Waals surface area contributed by atoms with Crippen LogP contribution in [0.3, 0.4) is 0 Å². The van der Waals surface area contributed by atoms with E-state index in [1.54, 1.807) is 0 Å². The van der Waals surface area contributed by atoms with Gasteiger partial charge in [-0.3, -0.25) is 14.6 Å². The molecule has 6 nitrogen and oxygen atoms in total. The first kappa shape index (κ1) is 16.4. The molecular weight excluding hydrogens is 288 g/mol. The standard InChI is InChI=1S/C14H24N4O2S/c1-3-13(9-19)18-6-4-17(5-7-18)8-12-10-21-14(16-12)15-11(2)20/h10,13,19H,3-9H2,1-2H3,(H,15,16,20). The lowest BCUT2D eigenvalue weighted by Crippen LogP contribution is -2.50. The van der Waals surface area contributed by atoms with Crippen LogP contribution in [0.4, 0.5) is 5.13 Å². The van der Waals surface area contributed by atoms with E-state index in [2.05, 4.69) is 27.0 Å². The van der Waals surface area contributed by atoms with Crippen molar-refractivity contribution in [3.8, 4) is 0 Å². The predicted molar refractivity (Wildman–Crippen MR) is 84.4 cm³/mol. The van der Waals surface area contributed by atoms with Crippen molar-refractivity contribution in [1.82, 2.24) is 14.8 Å². The van der Waals surface area contributed by atoms with Crippen LogP contribution in [0.15, 0.2) is 5.38 Å². The number of aliphatic hydroxyl groups excluding tert-OH is 1. The number of nitrogens with zero attached hydrogens (tertiary/aromatic N) is 3. The van der Waals surface area contributed by atoms with Gasteiger partial charge in [-0.1, -0.05) is 6.92 Å². The van der Waals surface area contributed by atoms with Crippen molar-refractivity contribution >= 4 is 22.4 Å². The summed E-state index contributed by atoms with van der Waals surface area (Å²) in [5.41, 5.74) is 1.01. The highest BCUT2D eigenvalue weighted by atomic mass is 32.1. The topological polar surface area (TPSA) is 68.7 Å². The van der Waals surface area contributed by atoms with Crippen molar-refractivity contribution in [3.05, 3.63) is 11.1 Å². The number of nitrogens with one attached hydrogen (secondary N) is 1. The van der Waals surface area contributed by atoms with Crippen LogP contribution in [0.25, 0.3) is 0 Å². The van der Waals surface area contributed by atoms with E-state index in [1.165, 1.54) is 18.3 Å². The number of amides is 1. The summed E-state index contributed by atoms with van der Waals surface area (Å²) in [5.74, 6) is -0.0841. The third-order valence-electron chi connectivity index (χ3n) is 3.83. The molecule has 1 aromatic rings. The van der Waals surface area contributed by atoms with Crippen LogP contribution in [0, 0.1) is 0 Å². The Morgan fingerprint density at radius 1 is 1.48 bits per heavy atom. The zero-order valence-corrected chi connectivity index (χ0v) is 13.5. The van der Waals surface area contributed by atoms with E-state index in [0.717, 1.165) is 44.8 Å². The highest BCUT2D eigenvalue weighted by Crippen LogP contribution is 2.18. The van der Waals surface area contributed by atoms with Gasteiger partial charge in [0.25, 0.3) is 0 Å². The molecule has 21 heavy (non-hydrogen) atoms. The van der Waals surface area contributed by atoms with Crippen LogP contribution in [-0.4, -0.2) is 64.6 Å². The van der Waals surface area contributed by atoms with Gasteiger partial charge >= 0.3 is 0 Å². The highest BCUT2D eigenvalue weighted by molar-refractivity contribution is 7.13. The predicted octanol–water partition coefficient (Wildman–Crippen LogP) is 0.990. The zero-order valence-electron chi connectivity index (χ0n) is 12.7. The quantitative estimate of drug-likeness (QED) is 0.820. The average Bonchev–Trinajstić information content (AvgIpc) is 2.88. The Labute approximate surface area is 129 Å². The van der Waals surface area contributed by atoms with Crippen LogP contribution in [0.2, 0.25) is 0 Å². The Morgan fingerprint density at radius 2 is 2.19 bits per heavy atom. The summed E-state index contributed by atoms with van der Waals surface area (Å²) >= 11 is 1.47. The Bertz CT molecular complexity index is 454. The van der Waals surface area contributed by atoms with E-state index < -0.39 is 0 Å². The molecular formula is C14H24N4O2S. The SMILES string of the molecule is CCC(CO)N1CCN(Cc2csc(NC(C)=O)n2)CC1. The molecule has 2 rings (SSSR count). The van der Waals surface area contributed by atoms with Crippen molar-refractivity contribution in [2.24, 2.45) is 0 Å². The van der Waals surface area contributed by atoms with Crippen LogP contribution >= 0.6 is 11.3 Å². The number of piperazine rings is 1. The molecule has 1 unspecified atom stereocenters. The number of thiazole rings is 1. The second-order valence-electron chi connectivity index (χ2n) is 5.38. The van der Waals surface area contributed by atoms with Gasteiger partial charge in [0.05, 0.1) is 12.3 Å². The molecule has 7 heteroatoms. The molecule has 0 saturated carbocycles. The number of aliphatic hydroxyl groups is 1. The van der Waals surface area contributed by atoms with Crippen molar-refractivity contribution < 1.29 is 9.90 Å². The maximum absolute atomic E-state index is 11.0. The second kappa shape index (κ2) is 7.84. The largest absolute Gasteiger partial charge is 0.395 e. The monoisotopic (exact) mass is 312 g/mol. The molecule has 1 fully saturated rings. The summed E-state index contributed by atoms with van der Waals surface area (Å²) in [6.45, 7) is 8.62. The number of hydrogen-bond donors (Lipinski definition) is 2. The number of rotatable bonds is 6. The third-order valence-corrected chi connectivity index (χ3v) is 4.63. The summed E-state index contributed by atoms with van der Waals surface area (Å²) in [6.07, 6.45) is 0.989. The van der Waals surface area contributed by atoms with Crippen LogP contribution in [0.1, 0.15) is 26.0 Å². The summed E-state index contributed by atoms with van der Waals surface area (Å²) in [7, 11) is 0. The van der Waals surface area contributed by atoms with Gasteiger partial charge in [0.15, 0.2) is 5.13 Å². The third kappa shape index (κ3) is 4.74. The van der Waals surface area contributed by atoms with E-state index in [4.69, 9.17) is 0 Å². The number of carbonyl (C=O) groups excluding carboxylic acids is 1. The first-order valence-electron chi connectivity index (χ1n) is 7.41. The van der Waals surface area contributed by atoms with Crippen molar-refractivity contribution in [1.29, 1.82) is 0 Å². The van der Waals surface area contributed by atoms with Gasteiger partial charge < -0.3 is 10.4 Å². The van der Waals surface area contributed by atoms with Crippen molar-refractivity contribution in [3.63, 3.8) is 0 Å². The molecule has 0 aliphatic carbocycles. The Balaban J connectivity index is 1.80. The summed E-state index contributed by atoms with van der Waals surface area (Å²) in [4.78, 5) is 20.1. The lowest BCUT2D eigenvalue weighted by molar-refractivity contribution is -0.114. The van der Waals surface area contributed by atoms with Gasteiger partial charge in [0.1, 0.15) is 0 Å². The molecule has 118 valence electrons. The summed E-state index contributed by atoms with van der Waals surface area (Å²) in [5, 5.41) is 14.7. The smallest absolute Gasteiger partial charge is 0.223 e. The molecule has 0 aromatic carbocycles. The minimum atomic E-state index is -0.0841. The fraction of sp³-hybridized carbons (Fsp3) is 0.714. The number of anilines is 1. The van der Waals surface area contributed by atoms with Crippen LogP contribution in [0.5, 0.6) is 0 Å². The molecule has 1 saturated heterocycles. The lowest BCUT2D eigenvalue weighted by Gasteiger charge is -2.38. The molecule has 1 amide bonds. The molecule has 2 N–H and O–H groups in total. The minimum absolute atomic E-state index is 0.0841. The molecule has 2 heterocycles. The van der Waals surface area contributed by atoms with Gasteiger partial charge in [-0.15, -0.1) is 11.3 Å². The molecule has 1 aliphatic heterocycles. The van der Waals surface area contributed by atoms with E-state index >= 15 is 0 Å². The zero-order chi connectivity index (χ0) is 15.2. The maximum Gasteiger partial charge on any atom is 0.223 e. The highest BCUT2D eigenvalue weighted by Gasteiger charge is 2.22. The number of carbonyl (C=O) groups is 1. The maximum atomic E-state index is 11.0. The van der Waals surface area contributed by atoms with Crippen molar-refractivity contribution in [2.45, 2.75) is 32.9 Å². The van der Waals surface area contributed by atoms with Gasteiger partial charge in [-0.25, -0.2) is 4.98 Å². The molecule has 1 aromatic heterocycles. The molecule has 0 radical (unpaired) electrons. The van der Waals surface area contributed by atoms with Gasteiger partial charge in [-0.05, 0) is 6.42 Å². The number of aromatic nitrogens is 1. The van der Waals surface area contributed by atoms with Gasteiger partial charge in [-0.2, -0.15) is 0 Å². The summed E-state index contributed by atoms with van der Waals surface area (Å²) in [6, 6.07) is 0.290. The first-order valence-corrected chi connectivity index (χ1v) is 8.29. The van der Waals surface area contributed by atoms with Crippen molar-refractivity contribution in [2.75, 3.05) is 38.1 Å². The fourth-order valence-electron chi connectivity index (χ4n) is 2.61. The van der Waals surface area contributed by atoms with Crippen LogP contribution < -0.4 is 5.32 Å². The average molecular weight is 312 g/mol. The van der Waals surface area contributed by atoms with Crippen LogP contribution in [-0.2, 0) is 11.3 Å². The van der Waals surface area contributed by atoms with Gasteiger partial charge in [0.2, 0.25) is 5.91 Å². The van der Waals surface area contributed by atoms with E-state index in [0.29, 0.717) is 5.13 Å². The fourth-order valence-corrected chi connectivity index (χ4v) is 3.35.